The van der Waals surface area contributed by atoms with Crippen LogP contribution >= 0.6 is 0 Å². The summed E-state index contributed by atoms with van der Waals surface area (Å²) in [6, 6.07) is 23.7. The third-order valence-corrected chi connectivity index (χ3v) is 5.19. The topological polar surface area (TPSA) is 79.5 Å². The molecule has 4 rings (SSSR count). The molecule has 3 aromatic rings. The maximum Gasteiger partial charge on any atom is 0.251 e. The minimum Gasteiger partial charge on any atom is -0.492 e. The largest absolute Gasteiger partial charge is 0.492 e. The van der Waals surface area contributed by atoms with Gasteiger partial charge in [-0.3, -0.25) is 9.59 Å². The van der Waals surface area contributed by atoms with Crippen LogP contribution in [0.1, 0.15) is 41.7 Å². The molecule has 0 heterocycles. The van der Waals surface area contributed by atoms with E-state index in [4.69, 9.17) is 4.74 Å². The lowest BCUT2D eigenvalue weighted by Gasteiger charge is -2.21. The molecule has 2 amide bonds. The second-order valence-electron chi connectivity index (χ2n) is 7.73. The van der Waals surface area contributed by atoms with Gasteiger partial charge in [-0.05, 0) is 55.7 Å². The van der Waals surface area contributed by atoms with E-state index in [1.54, 1.807) is 12.1 Å². The van der Waals surface area contributed by atoms with Crippen molar-refractivity contribution in [3.63, 3.8) is 0 Å². The first-order chi connectivity index (χ1) is 15.6. The standard InChI is InChI=1S/C26H27N3O3/c1-2-32-23-14-7-6-13-22(23)29-26(31)24(18-9-4-3-5-10-18)27-21-12-8-11-19(17-21)25(30)28-20-15-16-20/h3-14,17,20,24,27H,2,15-16H2,1H3,(H,28,30)(H,29,31)/t24-/m0/s1. The Morgan fingerprint density at radius 1 is 0.969 bits per heavy atom. The fourth-order valence-corrected chi connectivity index (χ4v) is 3.42. The van der Waals surface area contributed by atoms with Crippen LogP contribution in [0.25, 0.3) is 0 Å². The van der Waals surface area contributed by atoms with Crippen LogP contribution in [0, 0.1) is 0 Å². The van der Waals surface area contributed by atoms with E-state index in [1.807, 2.05) is 73.7 Å². The number of benzene rings is 3. The highest BCUT2D eigenvalue weighted by atomic mass is 16.5. The van der Waals surface area contributed by atoms with E-state index in [2.05, 4.69) is 16.0 Å². The molecule has 0 radical (unpaired) electrons. The lowest BCUT2D eigenvalue weighted by Crippen LogP contribution is -2.28. The minimum absolute atomic E-state index is 0.0949. The van der Waals surface area contributed by atoms with Crippen molar-refractivity contribution in [3.8, 4) is 5.75 Å². The number of carbonyl (C=O) groups is 2. The first kappa shape index (κ1) is 21.4. The van der Waals surface area contributed by atoms with Crippen molar-refractivity contribution in [2.24, 2.45) is 0 Å². The highest BCUT2D eigenvalue weighted by Gasteiger charge is 2.25. The second-order valence-corrected chi connectivity index (χ2v) is 7.73. The zero-order chi connectivity index (χ0) is 22.3. The van der Waals surface area contributed by atoms with Crippen molar-refractivity contribution in [3.05, 3.63) is 90.0 Å². The summed E-state index contributed by atoms with van der Waals surface area (Å²) in [6.07, 6.45) is 2.06. The second kappa shape index (κ2) is 10.0. The van der Waals surface area contributed by atoms with Crippen molar-refractivity contribution in [2.75, 3.05) is 17.2 Å². The summed E-state index contributed by atoms with van der Waals surface area (Å²) in [4.78, 5) is 25.8. The average molecular weight is 430 g/mol. The Bertz CT molecular complexity index is 1080. The van der Waals surface area contributed by atoms with E-state index in [1.165, 1.54) is 0 Å². The molecule has 1 aliphatic carbocycles. The summed E-state index contributed by atoms with van der Waals surface area (Å²) in [6.45, 7) is 2.41. The Morgan fingerprint density at radius 3 is 2.47 bits per heavy atom. The number of ether oxygens (including phenoxy) is 1. The highest BCUT2D eigenvalue weighted by Crippen LogP contribution is 2.27. The Balaban J connectivity index is 1.57. The third kappa shape index (κ3) is 5.46. The zero-order valence-corrected chi connectivity index (χ0v) is 18.0. The molecule has 32 heavy (non-hydrogen) atoms. The number of amides is 2. The van der Waals surface area contributed by atoms with Crippen molar-refractivity contribution >= 4 is 23.2 Å². The summed E-state index contributed by atoms with van der Waals surface area (Å²) in [7, 11) is 0. The molecule has 6 nitrogen and oxygen atoms in total. The van der Waals surface area contributed by atoms with Crippen LogP contribution in [0.5, 0.6) is 5.75 Å². The maximum absolute atomic E-state index is 13.3. The Hall–Kier alpha value is -3.80. The van der Waals surface area contributed by atoms with Crippen molar-refractivity contribution < 1.29 is 14.3 Å². The molecule has 3 N–H and O–H groups in total. The van der Waals surface area contributed by atoms with Crippen molar-refractivity contribution in [1.29, 1.82) is 0 Å². The van der Waals surface area contributed by atoms with Crippen LogP contribution in [0.15, 0.2) is 78.9 Å². The molecule has 0 bridgehead atoms. The summed E-state index contributed by atoms with van der Waals surface area (Å²) >= 11 is 0. The molecule has 0 aliphatic heterocycles. The van der Waals surface area contributed by atoms with Crippen LogP contribution < -0.4 is 20.7 Å². The predicted octanol–water partition coefficient (Wildman–Crippen LogP) is 4.77. The van der Waals surface area contributed by atoms with Gasteiger partial charge < -0.3 is 20.7 Å². The van der Waals surface area contributed by atoms with Crippen molar-refractivity contribution in [2.45, 2.75) is 31.8 Å². The van der Waals surface area contributed by atoms with Gasteiger partial charge >= 0.3 is 0 Å². The maximum atomic E-state index is 13.3. The quantitative estimate of drug-likeness (QED) is 0.458. The van der Waals surface area contributed by atoms with Gasteiger partial charge in [0.25, 0.3) is 11.8 Å². The third-order valence-electron chi connectivity index (χ3n) is 5.19. The molecule has 0 aromatic heterocycles. The highest BCUT2D eigenvalue weighted by molar-refractivity contribution is 5.99. The molecule has 6 heteroatoms. The molecular weight excluding hydrogens is 402 g/mol. The van der Waals surface area contributed by atoms with Gasteiger partial charge in [0.2, 0.25) is 0 Å². The summed E-state index contributed by atoms with van der Waals surface area (Å²) in [5.41, 5.74) is 2.68. The molecule has 0 spiro atoms. The number of nitrogens with one attached hydrogen (secondary N) is 3. The SMILES string of the molecule is CCOc1ccccc1NC(=O)[C@@H](Nc1cccc(C(=O)NC2CC2)c1)c1ccccc1. The molecule has 1 aliphatic rings. The first-order valence-corrected chi connectivity index (χ1v) is 10.9. The van der Waals surface area contributed by atoms with Gasteiger partial charge in [0.1, 0.15) is 11.8 Å². The minimum atomic E-state index is -0.660. The summed E-state index contributed by atoms with van der Waals surface area (Å²) in [5, 5.41) is 9.27. The Morgan fingerprint density at radius 2 is 1.72 bits per heavy atom. The van der Waals surface area contributed by atoms with Gasteiger partial charge in [-0.15, -0.1) is 0 Å². The van der Waals surface area contributed by atoms with E-state index < -0.39 is 6.04 Å². The monoisotopic (exact) mass is 429 g/mol. The van der Waals surface area contributed by atoms with Gasteiger partial charge in [-0.2, -0.15) is 0 Å². The van der Waals surface area contributed by atoms with Gasteiger partial charge in [0.15, 0.2) is 0 Å². The van der Waals surface area contributed by atoms with Crippen LogP contribution in [0.2, 0.25) is 0 Å². The average Bonchev–Trinajstić information content (AvgIpc) is 3.63. The predicted molar refractivity (Wildman–Crippen MR) is 126 cm³/mol. The number of rotatable bonds is 9. The molecule has 1 atom stereocenters. The van der Waals surface area contributed by atoms with E-state index in [-0.39, 0.29) is 17.9 Å². The van der Waals surface area contributed by atoms with Crippen LogP contribution in [-0.2, 0) is 4.79 Å². The fourth-order valence-electron chi connectivity index (χ4n) is 3.42. The van der Waals surface area contributed by atoms with Gasteiger partial charge in [-0.1, -0.05) is 48.5 Å². The van der Waals surface area contributed by atoms with Gasteiger partial charge in [0, 0.05) is 17.3 Å². The molecule has 1 saturated carbocycles. The number of anilines is 2. The number of carbonyl (C=O) groups excluding carboxylic acids is 2. The molecule has 0 saturated heterocycles. The number of hydrogen-bond acceptors (Lipinski definition) is 4. The molecule has 3 aromatic carbocycles. The van der Waals surface area contributed by atoms with Crippen LogP contribution in [0.4, 0.5) is 11.4 Å². The molecule has 0 unspecified atom stereocenters. The Kier molecular flexibility index (Phi) is 6.70. The molecular formula is C26H27N3O3. The van der Waals surface area contributed by atoms with Gasteiger partial charge in [0.05, 0.1) is 12.3 Å². The normalized spacial score (nSPS) is 13.7. The first-order valence-electron chi connectivity index (χ1n) is 10.9. The van der Waals surface area contributed by atoms with Crippen LogP contribution in [-0.4, -0.2) is 24.5 Å². The summed E-state index contributed by atoms with van der Waals surface area (Å²) in [5.74, 6) is 0.299. The number of hydrogen-bond donors (Lipinski definition) is 3. The molecule has 164 valence electrons. The van der Waals surface area contributed by atoms with E-state index in [0.717, 1.165) is 18.4 Å². The smallest absolute Gasteiger partial charge is 0.251 e. The van der Waals surface area contributed by atoms with Crippen LogP contribution in [0.3, 0.4) is 0 Å². The fraction of sp³-hybridized carbons (Fsp3) is 0.231. The number of para-hydroxylation sites is 2. The summed E-state index contributed by atoms with van der Waals surface area (Å²) < 4.78 is 5.64. The zero-order valence-electron chi connectivity index (χ0n) is 18.0. The lowest BCUT2D eigenvalue weighted by atomic mass is 10.0. The van der Waals surface area contributed by atoms with E-state index >= 15 is 0 Å². The Labute approximate surface area is 188 Å². The van der Waals surface area contributed by atoms with Crippen molar-refractivity contribution in [1.82, 2.24) is 5.32 Å². The van der Waals surface area contributed by atoms with E-state index in [9.17, 15) is 9.59 Å². The molecule has 1 fully saturated rings. The van der Waals surface area contributed by atoms with E-state index in [0.29, 0.717) is 29.3 Å². The van der Waals surface area contributed by atoms with Gasteiger partial charge in [-0.25, -0.2) is 0 Å². The lowest BCUT2D eigenvalue weighted by molar-refractivity contribution is -0.117.